The van der Waals surface area contributed by atoms with Crippen molar-refractivity contribution in [3.8, 4) is 0 Å². The predicted octanol–water partition coefficient (Wildman–Crippen LogP) is 4.46. The third kappa shape index (κ3) is 7.41. The summed E-state index contributed by atoms with van der Waals surface area (Å²) < 4.78 is 60.9. The molecule has 218 valence electrons. The van der Waals surface area contributed by atoms with Gasteiger partial charge in [-0.3, -0.25) is 4.79 Å². The maximum absolute atomic E-state index is 13.7. The largest absolute Gasteiger partial charge is 0.423 e. The van der Waals surface area contributed by atoms with E-state index in [1.807, 2.05) is 14.1 Å². The quantitative estimate of drug-likeness (QED) is 0.116. The van der Waals surface area contributed by atoms with Gasteiger partial charge in [0.15, 0.2) is 0 Å². The highest BCUT2D eigenvalue weighted by atomic mass is 35.5. The SMILES string of the molecule is CN(C)c1cc[n+](C(=NS(=O)(=O)c2ccc(Cl)cc2)NS(=O)(=O)c2cc(C(=O)Nc3ccccc3)c(Cl)cc2S)cc1. The topological polar surface area (TPSA) is 129 Å². The summed E-state index contributed by atoms with van der Waals surface area (Å²) in [5, 5.41) is 2.91. The van der Waals surface area contributed by atoms with Gasteiger partial charge in [-0.15, -0.1) is 12.6 Å². The summed E-state index contributed by atoms with van der Waals surface area (Å²) in [5.74, 6) is -1.22. The van der Waals surface area contributed by atoms with Gasteiger partial charge in [0.1, 0.15) is 9.79 Å². The summed E-state index contributed by atoms with van der Waals surface area (Å²) in [4.78, 5) is 14.0. The Morgan fingerprint density at radius 3 is 2.12 bits per heavy atom. The van der Waals surface area contributed by atoms with E-state index in [1.54, 1.807) is 47.4 Å². The molecule has 0 unspecified atom stereocenters. The number of nitrogens with one attached hydrogen (secondary N) is 2. The third-order valence-electron chi connectivity index (χ3n) is 5.73. The van der Waals surface area contributed by atoms with Crippen molar-refractivity contribution < 1.29 is 26.2 Å². The molecule has 0 atom stereocenters. The minimum absolute atomic E-state index is 0.0414. The summed E-state index contributed by atoms with van der Waals surface area (Å²) >= 11 is 16.4. The van der Waals surface area contributed by atoms with Crippen LogP contribution in [0.1, 0.15) is 10.4 Å². The maximum Gasteiger partial charge on any atom is 0.423 e. The summed E-state index contributed by atoms with van der Waals surface area (Å²) in [6.07, 6.45) is 2.88. The molecule has 0 aliphatic heterocycles. The Bertz CT molecular complexity index is 1870. The van der Waals surface area contributed by atoms with Gasteiger partial charge >= 0.3 is 26.0 Å². The van der Waals surface area contributed by atoms with Crippen molar-refractivity contribution >= 4 is 79.1 Å². The molecule has 15 heteroatoms. The number of pyridine rings is 1. The third-order valence-corrected chi connectivity index (χ3v) is 9.47. The Kier molecular flexibility index (Phi) is 9.48. The van der Waals surface area contributed by atoms with Crippen molar-refractivity contribution in [3.05, 3.63) is 107 Å². The number of anilines is 2. The molecule has 0 saturated carbocycles. The van der Waals surface area contributed by atoms with Crippen LogP contribution < -0.4 is 19.5 Å². The number of sulfonamides is 2. The van der Waals surface area contributed by atoms with Crippen molar-refractivity contribution in [2.45, 2.75) is 14.7 Å². The van der Waals surface area contributed by atoms with Crippen LogP contribution in [0.4, 0.5) is 11.4 Å². The van der Waals surface area contributed by atoms with Gasteiger partial charge < -0.3 is 10.2 Å². The van der Waals surface area contributed by atoms with Gasteiger partial charge in [0.25, 0.3) is 5.91 Å². The number of carbonyl (C=O) groups excluding carboxylic acids is 1. The fraction of sp³-hybridized carbons (Fsp3) is 0.0741. The molecular weight excluding hydrogens is 641 g/mol. The second-order valence-corrected chi connectivity index (χ2v) is 13.5. The Morgan fingerprint density at radius 2 is 1.52 bits per heavy atom. The number of rotatable bonds is 7. The molecule has 0 bridgehead atoms. The van der Waals surface area contributed by atoms with Crippen molar-refractivity contribution in [2.24, 2.45) is 4.40 Å². The molecule has 0 radical (unpaired) electrons. The molecule has 1 amide bonds. The summed E-state index contributed by atoms with van der Waals surface area (Å²) in [5.41, 5.74) is 1.09. The van der Waals surface area contributed by atoms with Crippen LogP contribution in [0.15, 0.2) is 110 Å². The molecule has 2 N–H and O–H groups in total. The van der Waals surface area contributed by atoms with E-state index < -0.39 is 36.8 Å². The first-order chi connectivity index (χ1) is 19.8. The van der Waals surface area contributed by atoms with Crippen LogP contribution in [0.3, 0.4) is 0 Å². The zero-order chi connectivity index (χ0) is 30.7. The van der Waals surface area contributed by atoms with Gasteiger partial charge in [-0.05, 0) is 60.7 Å². The van der Waals surface area contributed by atoms with Crippen LogP contribution in [-0.4, -0.2) is 42.8 Å². The van der Waals surface area contributed by atoms with E-state index >= 15 is 0 Å². The lowest BCUT2D eigenvalue weighted by Gasteiger charge is -2.13. The van der Waals surface area contributed by atoms with E-state index in [9.17, 15) is 21.6 Å². The molecule has 3 aromatic carbocycles. The number of thiol groups is 1. The number of hydrogen-bond donors (Lipinski definition) is 3. The Balaban J connectivity index is 1.78. The second-order valence-electron chi connectivity index (χ2n) is 8.93. The Labute approximate surface area is 259 Å². The highest BCUT2D eigenvalue weighted by Crippen LogP contribution is 2.28. The maximum atomic E-state index is 13.7. The number of amides is 1. The lowest BCUT2D eigenvalue weighted by molar-refractivity contribution is -0.558. The van der Waals surface area contributed by atoms with E-state index in [-0.39, 0.29) is 20.4 Å². The highest BCUT2D eigenvalue weighted by molar-refractivity contribution is 7.91. The number of hydrogen-bond acceptors (Lipinski definition) is 7. The Hall–Kier alpha value is -3.62. The first-order valence-electron chi connectivity index (χ1n) is 12.0. The van der Waals surface area contributed by atoms with Crippen LogP contribution >= 0.6 is 35.8 Å². The van der Waals surface area contributed by atoms with Crippen LogP contribution in [-0.2, 0) is 20.0 Å². The Morgan fingerprint density at radius 1 is 0.905 bits per heavy atom. The van der Waals surface area contributed by atoms with Gasteiger partial charge in [-0.1, -0.05) is 41.4 Å². The molecule has 0 aliphatic rings. The van der Waals surface area contributed by atoms with E-state index in [4.69, 9.17) is 23.2 Å². The number of carbonyl (C=O) groups is 1. The summed E-state index contributed by atoms with van der Waals surface area (Å²) in [7, 11) is -5.38. The average Bonchev–Trinajstić information content (AvgIpc) is 2.93. The van der Waals surface area contributed by atoms with Crippen LogP contribution in [0.25, 0.3) is 0 Å². The van der Waals surface area contributed by atoms with Crippen LogP contribution in [0.5, 0.6) is 0 Å². The normalized spacial score (nSPS) is 12.1. The average molecular weight is 666 g/mol. The van der Waals surface area contributed by atoms with Gasteiger partial charge in [0.2, 0.25) is 0 Å². The van der Waals surface area contributed by atoms with Crippen molar-refractivity contribution in [1.82, 2.24) is 4.72 Å². The second kappa shape index (κ2) is 12.7. The lowest BCUT2D eigenvalue weighted by atomic mass is 10.2. The summed E-state index contributed by atoms with van der Waals surface area (Å²) in [6.45, 7) is 0. The van der Waals surface area contributed by atoms with Crippen LogP contribution in [0.2, 0.25) is 10.0 Å². The molecule has 10 nitrogen and oxygen atoms in total. The van der Waals surface area contributed by atoms with E-state index in [0.717, 1.165) is 11.8 Å². The molecule has 0 spiro atoms. The monoisotopic (exact) mass is 664 g/mol. The fourth-order valence-electron chi connectivity index (χ4n) is 3.58. The van der Waals surface area contributed by atoms with Gasteiger partial charge in [-0.2, -0.15) is 21.6 Å². The van der Waals surface area contributed by atoms with Crippen molar-refractivity contribution in [2.75, 3.05) is 24.3 Å². The lowest BCUT2D eigenvalue weighted by Crippen LogP contribution is -2.53. The first kappa shape index (κ1) is 31.3. The summed E-state index contributed by atoms with van der Waals surface area (Å²) in [6, 6.07) is 19.3. The van der Waals surface area contributed by atoms with Crippen molar-refractivity contribution in [3.63, 3.8) is 0 Å². The number of aromatic nitrogens is 1. The van der Waals surface area contributed by atoms with Gasteiger partial charge in [0.05, 0.1) is 23.0 Å². The molecule has 0 aliphatic carbocycles. The molecule has 1 heterocycles. The van der Waals surface area contributed by atoms with E-state index in [0.29, 0.717) is 10.7 Å². The smallest absolute Gasteiger partial charge is 0.377 e. The number of halogens is 2. The molecule has 0 fully saturated rings. The zero-order valence-electron chi connectivity index (χ0n) is 22.1. The van der Waals surface area contributed by atoms with Gasteiger partial charge in [-0.25, -0.2) is 4.57 Å². The first-order valence-corrected chi connectivity index (χ1v) is 16.1. The molecule has 1 aromatic heterocycles. The van der Waals surface area contributed by atoms with Gasteiger partial charge in [0, 0.05) is 39.8 Å². The van der Waals surface area contributed by atoms with E-state index in [2.05, 4.69) is 27.1 Å². The minimum atomic E-state index is -4.58. The molecule has 4 aromatic rings. The zero-order valence-corrected chi connectivity index (χ0v) is 26.1. The predicted molar refractivity (Wildman–Crippen MR) is 166 cm³/mol. The fourth-order valence-corrected chi connectivity index (χ4v) is 6.70. The number of para-hydroxylation sites is 1. The standard InChI is InChI=1S/C27H23Cl2N5O5S3/c1-33(2)20-12-14-34(15-13-20)27(31-41(36,37)21-10-8-18(28)9-11-21)32-42(38,39)25-16-22(23(29)17-24(25)40)26(35)30-19-6-4-3-5-7-19/h3-17H,1-2H3,(H2-,30,31,32,35,40)/p+1. The molecule has 4 rings (SSSR count). The van der Waals surface area contributed by atoms with Crippen molar-refractivity contribution in [1.29, 1.82) is 0 Å². The van der Waals surface area contributed by atoms with Crippen LogP contribution in [0, 0.1) is 0 Å². The number of nitrogens with zero attached hydrogens (tertiary/aromatic N) is 3. The highest BCUT2D eigenvalue weighted by Gasteiger charge is 2.31. The van der Waals surface area contributed by atoms with E-state index in [1.165, 1.54) is 47.3 Å². The molecule has 42 heavy (non-hydrogen) atoms. The number of benzene rings is 3. The molecular formula is C27H24Cl2N5O5S3+. The minimum Gasteiger partial charge on any atom is -0.377 e. The molecule has 0 saturated heterocycles.